The van der Waals surface area contributed by atoms with Crippen molar-refractivity contribution in [2.24, 2.45) is 0 Å². The van der Waals surface area contributed by atoms with Gasteiger partial charge in [0.1, 0.15) is 0 Å². The lowest BCUT2D eigenvalue weighted by atomic mass is 10.2. The first kappa shape index (κ1) is 19.2. The van der Waals surface area contributed by atoms with Crippen molar-refractivity contribution >= 4 is 35.8 Å². The number of carbonyl (C=O) groups is 1. The molecular formula is C14H20ClF2N3OS. The molecule has 0 unspecified atom stereocenters. The highest BCUT2D eigenvalue weighted by Crippen LogP contribution is 2.26. The molecule has 0 saturated carbocycles. The van der Waals surface area contributed by atoms with Crippen LogP contribution in [0.15, 0.2) is 29.2 Å². The second-order valence-corrected chi connectivity index (χ2v) is 6.04. The minimum absolute atomic E-state index is 0. The Kier molecular flexibility index (Phi) is 8.09. The molecule has 0 aliphatic carbocycles. The normalized spacial score (nSPS) is 18.8. The maximum Gasteiger partial charge on any atom is 0.288 e. The van der Waals surface area contributed by atoms with Crippen molar-refractivity contribution in [3.8, 4) is 0 Å². The van der Waals surface area contributed by atoms with Crippen LogP contribution in [0.5, 0.6) is 0 Å². The molecule has 4 nitrogen and oxygen atoms in total. The number of hydrogen-bond acceptors (Lipinski definition) is 4. The summed E-state index contributed by atoms with van der Waals surface area (Å²) in [5.74, 6) is -2.52. The van der Waals surface area contributed by atoms with Crippen LogP contribution in [-0.4, -0.2) is 48.8 Å². The molecule has 0 bridgehead atoms. The van der Waals surface area contributed by atoms with Gasteiger partial charge in [-0.25, -0.2) is 0 Å². The van der Waals surface area contributed by atoms with Crippen LogP contribution in [-0.2, 0) is 4.79 Å². The Bertz CT molecular complexity index is 476. The molecule has 1 heterocycles. The minimum Gasteiger partial charge on any atom is -0.325 e. The number of carbonyl (C=O) groups excluding carboxylic acids is 1. The van der Waals surface area contributed by atoms with E-state index in [2.05, 4.69) is 22.5 Å². The number of nitrogens with zero attached hydrogens (tertiary/aromatic N) is 1. The van der Waals surface area contributed by atoms with Gasteiger partial charge in [0, 0.05) is 36.3 Å². The third-order valence-corrected chi connectivity index (χ3v) is 4.07. The van der Waals surface area contributed by atoms with E-state index in [1.54, 1.807) is 24.3 Å². The van der Waals surface area contributed by atoms with Gasteiger partial charge in [-0.1, -0.05) is 11.8 Å². The second-order valence-electron chi connectivity index (χ2n) is 4.97. The Labute approximate surface area is 139 Å². The fourth-order valence-electron chi connectivity index (χ4n) is 2.22. The maximum atomic E-state index is 12.2. The van der Waals surface area contributed by atoms with Crippen molar-refractivity contribution in [1.29, 1.82) is 0 Å². The number of amides is 1. The van der Waals surface area contributed by atoms with E-state index in [4.69, 9.17) is 0 Å². The first-order valence-electron chi connectivity index (χ1n) is 6.84. The quantitative estimate of drug-likeness (QED) is 0.800. The van der Waals surface area contributed by atoms with E-state index in [9.17, 15) is 13.6 Å². The smallest absolute Gasteiger partial charge is 0.288 e. The van der Waals surface area contributed by atoms with Crippen LogP contribution in [0.3, 0.4) is 0 Å². The molecule has 1 aromatic rings. The lowest BCUT2D eigenvalue weighted by molar-refractivity contribution is -0.118. The van der Waals surface area contributed by atoms with Gasteiger partial charge in [0.25, 0.3) is 5.76 Å². The molecule has 8 heteroatoms. The summed E-state index contributed by atoms with van der Waals surface area (Å²) in [5, 5.41) is 6.06. The number of piperazine rings is 1. The van der Waals surface area contributed by atoms with E-state index in [-0.39, 0.29) is 18.3 Å². The van der Waals surface area contributed by atoms with Crippen LogP contribution in [0, 0.1) is 0 Å². The molecule has 22 heavy (non-hydrogen) atoms. The summed E-state index contributed by atoms with van der Waals surface area (Å²) in [6.07, 6.45) is 0. The van der Waals surface area contributed by atoms with E-state index in [0.717, 1.165) is 19.6 Å². The van der Waals surface area contributed by atoms with Crippen molar-refractivity contribution in [2.75, 3.05) is 31.5 Å². The number of rotatable bonds is 5. The molecule has 1 fully saturated rings. The Hall–Kier alpha value is -0.890. The van der Waals surface area contributed by atoms with E-state index in [1.807, 2.05) is 0 Å². The second kappa shape index (κ2) is 9.29. The van der Waals surface area contributed by atoms with Gasteiger partial charge in [-0.15, -0.1) is 12.4 Å². The third-order valence-electron chi connectivity index (χ3n) is 3.35. The molecule has 1 aliphatic heterocycles. The van der Waals surface area contributed by atoms with Crippen LogP contribution in [0.1, 0.15) is 6.92 Å². The zero-order chi connectivity index (χ0) is 15.2. The van der Waals surface area contributed by atoms with Crippen LogP contribution in [0.4, 0.5) is 14.5 Å². The zero-order valence-corrected chi connectivity index (χ0v) is 13.9. The summed E-state index contributed by atoms with van der Waals surface area (Å²) in [7, 11) is 0. The van der Waals surface area contributed by atoms with Crippen LogP contribution in [0.25, 0.3) is 0 Å². The van der Waals surface area contributed by atoms with Crippen LogP contribution >= 0.6 is 24.2 Å². The predicted molar refractivity (Wildman–Crippen MR) is 88.1 cm³/mol. The molecule has 1 aromatic carbocycles. The lowest BCUT2D eigenvalue weighted by Gasteiger charge is -2.33. The van der Waals surface area contributed by atoms with Gasteiger partial charge in [-0.3, -0.25) is 9.69 Å². The highest BCUT2D eigenvalue weighted by molar-refractivity contribution is 7.99. The van der Waals surface area contributed by atoms with Gasteiger partial charge in [-0.2, -0.15) is 8.78 Å². The first-order valence-corrected chi connectivity index (χ1v) is 7.72. The number of benzene rings is 1. The first-order chi connectivity index (χ1) is 10.0. The number of alkyl halides is 2. The van der Waals surface area contributed by atoms with Crippen molar-refractivity contribution < 1.29 is 13.6 Å². The highest BCUT2D eigenvalue weighted by Gasteiger charge is 2.20. The molecule has 1 atom stereocenters. The summed E-state index contributed by atoms with van der Waals surface area (Å²) < 4.78 is 24.4. The largest absolute Gasteiger partial charge is 0.325 e. The van der Waals surface area contributed by atoms with E-state index >= 15 is 0 Å². The van der Waals surface area contributed by atoms with Gasteiger partial charge >= 0.3 is 0 Å². The minimum atomic E-state index is -2.43. The van der Waals surface area contributed by atoms with Gasteiger partial charge in [0.05, 0.1) is 6.54 Å². The summed E-state index contributed by atoms with van der Waals surface area (Å²) >= 11 is 0.494. The van der Waals surface area contributed by atoms with Crippen LogP contribution < -0.4 is 10.6 Å². The fourth-order valence-corrected chi connectivity index (χ4v) is 2.72. The molecule has 0 aromatic heterocycles. The van der Waals surface area contributed by atoms with Gasteiger partial charge < -0.3 is 10.6 Å². The average molecular weight is 352 g/mol. The van der Waals surface area contributed by atoms with Crippen LogP contribution in [0.2, 0.25) is 0 Å². The average Bonchev–Trinajstić information content (AvgIpc) is 2.43. The summed E-state index contributed by atoms with van der Waals surface area (Å²) in [6, 6.07) is 6.78. The fraction of sp³-hybridized carbons (Fsp3) is 0.500. The Morgan fingerprint density at radius 3 is 2.73 bits per heavy atom. The lowest BCUT2D eigenvalue weighted by Crippen LogP contribution is -2.51. The number of nitrogens with one attached hydrogen (secondary N) is 2. The van der Waals surface area contributed by atoms with E-state index < -0.39 is 5.76 Å². The Morgan fingerprint density at radius 1 is 1.45 bits per heavy atom. The molecule has 2 rings (SSSR count). The molecule has 1 saturated heterocycles. The molecular weight excluding hydrogens is 332 g/mol. The molecule has 0 spiro atoms. The number of halogens is 3. The van der Waals surface area contributed by atoms with E-state index in [0.29, 0.717) is 34.9 Å². The topological polar surface area (TPSA) is 44.4 Å². The monoisotopic (exact) mass is 351 g/mol. The molecule has 1 aliphatic rings. The molecule has 2 N–H and O–H groups in total. The molecule has 0 radical (unpaired) electrons. The standard InChI is InChI=1S/C14H19F2N3OS.ClH/c1-10-8-17-6-7-19(10)9-13(20)18-11-2-4-12(5-3-11)21-14(15)16;/h2-5,10,14,17H,6-9H2,1H3,(H,18,20);1H/t10-;/m0./s1. The molecule has 1 amide bonds. The van der Waals surface area contributed by atoms with Gasteiger partial charge in [-0.05, 0) is 31.2 Å². The maximum absolute atomic E-state index is 12.2. The van der Waals surface area contributed by atoms with Crippen molar-refractivity contribution in [2.45, 2.75) is 23.6 Å². The Balaban J connectivity index is 0.00000242. The predicted octanol–water partition coefficient (Wildman–Crippen LogP) is 2.66. The third kappa shape index (κ3) is 6.08. The number of thioether (sulfide) groups is 1. The molecule has 124 valence electrons. The van der Waals surface area contributed by atoms with Gasteiger partial charge in [0.15, 0.2) is 0 Å². The van der Waals surface area contributed by atoms with E-state index in [1.165, 1.54) is 0 Å². The Morgan fingerprint density at radius 2 is 2.14 bits per heavy atom. The number of hydrogen-bond donors (Lipinski definition) is 2. The zero-order valence-electron chi connectivity index (χ0n) is 12.2. The summed E-state index contributed by atoms with van der Waals surface area (Å²) in [6.45, 7) is 5.04. The van der Waals surface area contributed by atoms with Crippen molar-refractivity contribution in [3.63, 3.8) is 0 Å². The van der Waals surface area contributed by atoms with Crippen molar-refractivity contribution in [1.82, 2.24) is 10.2 Å². The summed E-state index contributed by atoms with van der Waals surface area (Å²) in [4.78, 5) is 14.6. The SMILES string of the molecule is C[C@H]1CNCCN1CC(=O)Nc1ccc(SC(F)F)cc1.Cl. The van der Waals surface area contributed by atoms with Crippen molar-refractivity contribution in [3.05, 3.63) is 24.3 Å². The van der Waals surface area contributed by atoms with Gasteiger partial charge in [0.2, 0.25) is 5.91 Å². The highest BCUT2D eigenvalue weighted by atomic mass is 35.5. The number of anilines is 1. The summed E-state index contributed by atoms with van der Waals surface area (Å²) in [5.41, 5.74) is 0.626.